The van der Waals surface area contributed by atoms with E-state index >= 15 is 0 Å². The van der Waals surface area contributed by atoms with Crippen molar-refractivity contribution in [3.63, 3.8) is 0 Å². The first-order chi connectivity index (χ1) is 10.1. The summed E-state index contributed by atoms with van der Waals surface area (Å²) in [6, 6.07) is 1.78. The van der Waals surface area contributed by atoms with E-state index in [0.29, 0.717) is 11.3 Å². The smallest absolute Gasteiger partial charge is 0.196 e. The standard InChI is InChI=1S/C17H25NO3/c1-13(2)21-15-10-14(11-18-12-15)16(19)17(20-3)8-6-4-5-7-9-17/h10-13H,4-9H2,1-3H3. The molecule has 4 heteroatoms. The van der Waals surface area contributed by atoms with E-state index in [-0.39, 0.29) is 11.9 Å². The van der Waals surface area contributed by atoms with Crippen molar-refractivity contribution in [3.05, 3.63) is 24.0 Å². The summed E-state index contributed by atoms with van der Waals surface area (Å²) in [6.45, 7) is 3.91. The highest BCUT2D eigenvalue weighted by Crippen LogP contribution is 2.33. The van der Waals surface area contributed by atoms with E-state index in [9.17, 15) is 4.79 Å². The summed E-state index contributed by atoms with van der Waals surface area (Å²) in [4.78, 5) is 17.1. The summed E-state index contributed by atoms with van der Waals surface area (Å²) in [5.74, 6) is 0.671. The van der Waals surface area contributed by atoms with Gasteiger partial charge < -0.3 is 9.47 Å². The summed E-state index contributed by atoms with van der Waals surface area (Å²) in [6.07, 6.45) is 9.32. The Kier molecular flexibility index (Phi) is 5.34. The number of ketones is 1. The molecule has 0 aromatic carbocycles. The predicted molar refractivity (Wildman–Crippen MR) is 81.8 cm³/mol. The second kappa shape index (κ2) is 7.03. The van der Waals surface area contributed by atoms with Gasteiger partial charge in [-0.05, 0) is 32.8 Å². The Morgan fingerprint density at radius 2 is 1.86 bits per heavy atom. The van der Waals surface area contributed by atoms with E-state index in [4.69, 9.17) is 9.47 Å². The summed E-state index contributed by atoms with van der Waals surface area (Å²) in [7, 11) is 1.64. The van der Waals surface area contributed by atoms with Gasteiger partial charge >= 0.3 is 0 Å². The van der Waals surface area contributed by atoms with Crippen LogP contribution in [0.15, 0.2) is 18.5 Å². The molecule has 116 valence electrons. The van der Waals surface area contributed by atoms with Crippen molar-refractivity contribution in [2.24, 2.45) is 0 Å². The number of rotatable bonds is 5. The summed E-state index contributed by atoms with van der Waals surface area (Å²) in [5, 5.41) is 0. The average Bonchev–Trinajstić information content (AvgIpc) is 2.72. The van der Waals surface area contributed by atoms with Crippen molar-refractivity contribution in [1.29, 1.82) is 0 Å². The van der Waals surface area contributed by atoms with E-state index in [1.165, 1.54) is 12.8 Å². The fourth-order valence-corrected chi connectivity index (χ4v) is 2.97. The van der Waals surface area contributed by atoms with Crippen molar-refractivity contribution in [3.8, 4) is 5.75 Å². The Bertz CT molecular complexity index is 477. The molecule has 0 spiro atoms. The van der Waals surface area contributed by atoms with Crippen LogP contribution in [0.3, 0.4) is 0 Å². The molecular weight excluding hydrogens is 266 g/mol. The molecule has 0 radical (unpaired) electrons. The van der Waals surface area contributed by atoms with Gasteiger partial charge in [-0.3, -0.25) is 9.78 Å². The van der Waals surface area contributed by atoms with E-state index in [0.717, 1.165) is 25.7 Å². The highest BCUT2D eigenvalue weighted by Gasteiger charge is 2.39. The SMILES string of the molecule is COC1(C(=O)c2cncc(OC(C)C)c2)CCCCCC1. The van der Waals surface area contributed by atoms with Crippen LogP contribution >= 0.6 is 0 Å². The number of ether oxygens (including phenoxy) is 2. The highest BCUT2D eigenvalue weighted by molar-refractivity contribution is 6.02. The molecule has 2 rings (SSSR count). The van der Waals surface area contributed by atoms with Crippen molar-refractivity contribution < 1.29 is 14.3 Å². The van der Waals surface area contributed by atoms with Gasteiger partial charge in [0.15, 0.2) is 5.78 Å². The molecule has 1 saturated carbocycles. The Balaban J connectivity index is 2.24. The molecule has 1 heterocycles. The van der Waals surface area contributed by atoms with Gasteiger partial charge in [-0.1, -0.05) is 25.7 Å². The molecule has 0 saturated heterocycles. The molecular formula is C17H25NO3. The Hall–Kier alpha value is -1.42. The maximum atomic E-state index is 12.9. The van der Waals surface area contributed by atoms with Crippen molar-refractivity contribution >= 4 is 5.78 Å². The van der Waals surface area contributed by atoms with Crippen LogP contribution in [0.2, 0.25) is 0 Å². The topological polar surface area (TPSA) is 48.4 Å². The molecule has 0 amide bonds. The Labute approximate surface area is 126 Å². The third kappa shape index (κ3) is 3.82. The van der Waals surface area contributed by atoms with Gasteiger partial charge in [0.1, 0.15) is 11.4 Å². The van der Waals surface area contributed by atoms with Crippen LogP contribution in [0.4, 0.5) is 0 Å². The number of carbonyl (C=O) groups excluding carboxylic acids is 1. The van der Waals surface area contributed by atoms with Crippen LogP contribution in [0.5, 0.6) is 5.75 Å². The number of hydrogen-bond donors (Lipinski definition) is 0. The number of methoxy groups -OCH3 is 1. The van der Waals surface area contributed by atoms with Gasteiger partial charge in [0, 0.05) is 18.9 Å². The zero-order valence-corrected chi connectivity index (χ0v) is 13.2. The average molecular weight is 291 g/mol. The van der Waals surface area contributed by atoms with Crippen molar-refractivity contribution in [2.45, 2.75) is 64.1 Å². The minimum atomic E-state index is -0.686. The van der Waals surface area contributed by atoms with E-state index in [1.807, 2.05) is 13.8 Å². The zero-order chi connectivity index (χ0) is 15.3. The maximum Gasteiger partial charge on any atom is 0.196 e. The molecule has 0 N–H and O–H groups in total. The molecule has 0 aliphatic heterocycles. The molecule has 0 atom stereocenters. The first kappa shape index (κ1) is 16.0. The molecule has 4 nitrogen and oxygen atoms in total. The van der Waals surface area contributed by atoms with Crippen LogP contribution in [0.1, 0.15) is 62.7 Å². The minimum Gasteiger partial charge on any atom is -0.489 e. The second-order valence-electron chi connectivity index (χ2n) is 6.02. The summed E-state index contributed by atoms with van der Waals surface area (Å²) >= 11 is 0. The zero-order valence-electron chi connectivity index (χ0n) is 13.2. The van der Waals surface area contributed by atoms with E-state index in [2.05, 4.69) is 4.98 Å². The monoisotopic (exact) mass is 291 g/mol. The van der Waals surface area contributed by atoms with Gasteiger partial charge in [0.05, 0.1) is 12.3 Å². The van der Waals surface area contributed by atoms with Gasteiger partial charge in [-0.25, -0.2) is 0 Å². The van der Waals surface area contributed by atoms with Crippen LogP contribution < -0.4 is 4.74 Å². The second-order valence-corrected chi connectivity index (χ2v) is 6.02. The van der Waals surface area contributed by atoms with Gasteiger partial charge in [-0.15, -0.1) is 0 Å². The van der Waals surface area contributed by atoms with Crippen molar-refractivity contribution in [2.75, 3.05) is 7.11 Å². The molecule has 1 fully saturated rings. The van der Waals surface area contributed by atoms with Crippen LogP contribution in [-0.4, -0.2) is 29.6 Å². The van der Waals surface area contributed by atoms with Crippen LogP contribution in [-0.2, 0) is 4.74 Å². The molecule has 0 unspecified atom stereocenters. The third-order valence-corrected chi connectivity index (χ3v) is 4.06. The third-order valence-electron chi connectivity index (χ3n) is 4.06. The number of Topliss-reactive ketones (excluding diaryl/α,β-unsaturated/α-hetero) is 1. The molecule has 1 aromatic heterocycles. The lowest BCUT2D eigenvalue weighted by molar-refractivity contribution is -0.00697. The van der Waals surface area contributed by atoms with Gasteiger partial charge in [0.2, 0.25) is 0 Å². The number of pyridine rings is 1. The van der Waals surface area contributed by atoms with Gasteiger partial charge in [-0.2, -0.15) is 0 Å². The number of aromatic nitrogens is 1. The molecule has 0 bridgehead atoms. The number of nitrogens with zero attached hydrogens (tertiary/aromatic N) is 1. The van der Waals surface area contributed by atoms with Crippen LogP contribution in [0.25, 0.3) is 0 Å². The molecule has 1 aromatic rings. The molecule has 1 aliphatic rings. The van der Waals surface area contributed by atoms with Gasteiger partial charge in [0.25, 0.3) is 0 Å². The number of hydrogen-bond acceptors (Lipinski definition) is 4. The lowest BCUT2D eigenvalue weighted by atomic mass is 9.86. The van der Waals surface area contributed by atoms with Crippen molar-refractivity contribution in [1.82, 2.24) is 4.98 Å². The molecule has 1 aliphatic carbocycles. The van der Waals surface area contributed by atoms with Crippen LogP contribution in [0, 0.1) is 0 Å². The first-order valence-corrected chi connectivity index (χ1v) is 7.79. The quantitative estimate of drug-likeness (QED) is 0.611. The maximum absolute atomic E-state index is 12.9. The first-order valence-electron chi connectivity index (χ1n) is 7.79. The summed E-state index contributed by atoms with van der Waals surface area (Å²) in [5.41, 5.74) is -0.105. The Morgan fingerprint density at radius 1 is 1.19 bits per heavy atom. The fraction of sp³-hybridized carbons (Fsp3) is 0.647. The van der Waals surface area contributed by atoms with E-state index < -0.39 is 5.60 Å². The largest absolute Gasteiger partial charge is 0.489 e. The number of carbonyl (C=O) groups is 1. The summed E-state index contributed by atoms with van der Waals surface area (Å²) < 4.78 is 11.3. The highest BCUT2D eigenvalue weighted by atomic mass is 16.5. The van der Waals surface area contributed by atoms with E-state index in [1.54, 1.807) is 25.6 Å². The minimum absolute atomic E-state index is 0.0357. The Morgan fingerprint density at radius 3 is 2.43 bits per heavy atom. The lowest BCUT2D eigenvalue weighted by Crippen LogP contribution is -2.40. The molecule has 21 heavy (non-hydrogen) atoms. The fourth-order valence-electron chi connectivity index (χ4n) is 2.97. The lowest BCUT2D eigenvalue weighted by Gasteiger charge is -2.29. The normalized spacial score (nSPS) is 18.3. The predicted octanol–water partition coefficient (Wildman–Crippen LogP) is 3.79.